The molecule has 4 aromatic rings. The van der Waals surface area contributed by atoms with Gasteiger partial charge in [-0.25, -0.2) is 13.4 Å². The molecule has 1 N–H and O–H groups in total. The third-order valence-electron chi connectivity index (χ3n) is 4.85. The fraction of sp³-hybridized carbons (Fsp3) is 0.136. The van der Waals surface area contributed by atoms with E-state index in [0.29, 0.717) is 47.8 Å². The molecule has 0 fully saturated rings. The van der Waals surface area contributed by atoms with Crippen LogP contribution in [-0.4, -0.2) is 41.4 Å². The molecule has 0 aliphatic carbocycles. The third-order valence-corrected chi connectivity index (χ3v) is 6.23. The Labute approximate surface area is 189 Å². The zero-order valence-electron chi connectivity index (χ0n) is 17.5. The molecule has 2 aromatic carbocycles. The number of imidazole rings is 1. The van der Waals surface area contributed by atoms with Gasteiger partial charge in [-0.05, 0) is 49.4 Å². The molecule has 11 heteroatoms. The Morgan fingerprint density at radius 2 is 1.76 bits per heavy atom. The lowest BCUT2D eigenvalue weighted by Gasteiger charge is -2.19. The van der Waals surface area contributed by atoms with Crippen molar-refractivity contribution in [1.29, 1.82) is 0 Å². The standard InChI is InChI=1S/C22H19N5O5S/c1-15-23-10-11-27(15)21-8-9-22(25-24-21)32-17-4-2-16(3-5-17)26-33(28,29)18-6-7-19-20(14-18)31-13-12-30-19/h2-11,14,26H,12-13H2,1H3. The summed E-state index contributed by atoms with van der Waals surface area (Å²) < 4.78 is 46.5. The SMILES string of the molecule is Cc1nccn1-c1ccc(Oc2ccc(NS(=O)(=O)c3ccc4c(c3)OCCO4)cc2)nn1. The van der Waals surface area contributed by atoms with Crippen LogP contribution in [0.1, 0.15) is 5.82 Å². The minimum absolute atomic E-state index is 0.0792. The molecule has 0 saturated heterocycles. The topological polar surface area (TPSA) is 117 Å². The molecule has 168 valence electrons. The van der Waals surface area contributed by atoms with E-state index < -0.39 is 10.0 Å². The number of ether oxygens (including phenoxy) is 3. The number of fused-ring (bicyclic) bond motifs is 1. The summed E-state index contributed by atoms with van der Waals surface area (Å²) in [6, 6.07) is 14.4. The Balaban J connectivity index is 1.26. The van der Waals surface area contributed by atoms with E-state index in [0.717, 1.165) is 5.82 Å². The number of nitrogens with zero attached hydrogens (tertiary/aromatic N) is 4. The van der Waals surface area contributed by atoms with E-state index in [1.54, 1.807) is 59.4 Å². The van der Waals surface area contributed by atoms with Crippen LogP contribution in [0.2, 0.25) is 0 Å². The smallest absolute Gasteiger partial charge is 0.262 e. The lowest BCUT2D eigenvalue weighted by molar-refractivity contribution is 0.171. The molecule has 0 amide bonds. The molecular formula is C22H19N5O5S. The summed E-state index contributed by atoms with van der Waals surface area (Å²) >= 11 is 0. The number of sulfonamides is 1. The normalized spacial score (nSPS) is 12.9. The first-order valence-electron chi connectivity index (χ1n) is 10.0. The molecule has 0 radical (unpaired) electrons. The maximum Gasteiger partial charge on any atom is 0.262 e. The van der Waals surface area contributed by atoms with Gasteiger partial charge in [0.1, 0.15) is 24.8 Å². The van der Waals surface area contributed by atoms with E-state index in [-0.39, 0.29) is 4.90 Å². The summed E-state index contributed by atoms with van der Waals surface area (Å²) in [5, 5.41) is 8.22. The summed E-state index contributed by atoms with van der Waals surface area (Å²) in [6.45, 7) is 2.68. The van der Waals surface area contributed by atoms with Crippen LogP contribution in [-0.2, 0) is 10.0 Å². The Kier molecular flexibility index (Phi) is 5.31. The number of anilines is 1. The number of nitrogens with one attached hydrogen (secondary N) is 1. The van der Waals surface area contributed by atoms with Crippen LogP contribution in [0.5, 0.6) is 23.1 Å². The molecule has 10 nitrogen and oxygen atoms in total. The van der Waals surface area contributed by atoms with Gasteiger partial charge in [0.2, 0.25) is 5.88 Å². The zero-order valence-corrected chi connectivity index (χ0v) is 18.3. The van der Waals surface area contributed by atoms with Crippen molar-refractivity contribution in [1.82, 2.24) is 19.7 Å². The number of hydrogen-bond acceptors (Lipinski definition) is 8. The molecule has 0 spiro atoms. The summed E-state index contributed by atoms with van der Waals surface area (Å²) in [4.78, 5) is 4.24. The van der Waals surface area contributed by atoms with Crippen molar-refractivity contribution in [2.75, 3.05) is 17.9 Å². The van der Waals surface area contributed by atoms with Gasteiger partial charge in [0, 0.05) is 30.2 Å². The van der Waals surface area contributed by atoms with Gasteiger partial charge in [0.25, 0.3) is 10.0 Å². The highest BCUT2D eigenvalue weighted by Gasteiger charge is 2.19. The van der Waals surface area contributed by atoms with E-state index in [2.05, 4.69) is 19.9 Å². The average molecular weight is 465 g/mol. The maximum atomic E-state index is 12.8. The highest BCUT2D eigenvalue weighted by molar-refractivity contribution is 7.92. The molecule has 3 heterocycles. The summed E-state index contributed by atoms with van der Waals surface area (Å²) in [6.07, 6.45) is 3.48. The molecule has 0 unspecified atom stereocenters. The number of aromatic nitrogens is 4. The number of rotatable bonds is 6. The van der Waals surface area contributed by atoms with Crippen molar-refractivity contribution in [2.24, 2.45) is 0 Å². The summed E-state index contributed by atoms with van der Waals surface area (Å²) in [5.41, 5.74) is 0.384. The molecule has 2 aromatic heterocycles. The first-order valence-corrected chi connectivity index (χ1v) is 11.5. The predicted octanol–water partition coefficient (Wildman–Crippen LogP) is 3.34. The van der Waals surface area contributed by atoms with E-state index >= 15 is 0 Å². The summed E-state index contributed by atoms with van der Waals surface area (Å²) in [7, 11) is -3.80. The van der Waals surface area contributed by atoms with Crippen molar-refractivity contribution in [3.8, 4) is 28.9 Å². The Hall–Kier alpha value is -4.12. The molecule has 0 saturated carbocycles. The minimum atomic E-state index is -3.80. The highest BCUT2D eigenvalue weighted by Crippen LogP contribution is 2.33. The van der Waals surface area contributed by atoms with Crippen molar-refractivity contribution in [2.45, 2.75) is 11.8 Å². The second-order valence-corrected chi connectivity index (χ2v) is 8.79. The van der Waals surface area contributed by atoms with Gasteiger partial charge in [0.05, 0.1) is 4.90 Å². The molecule has 33 heavy (non-hydrogen) atoms. The first-order chi connectivity index (χ1) is 16.0. The van der Waals surface area contributed by atoms with Crippen molar-refractivity contribution < 1.29 is 22.6 Å². The van der Waals surface area contributed by atoms with Gasteiger partial charge < -0.3 is 14.2 Å². The molecule has 0 bridgehead atoms. The van der Waals surface area contributed by atoms with Crippen molar-refractivity contribution in [3.63, 3.8) is 0 Å². The fourth-order valence-corrected chi connectivity index (χ4v) is 4.31. The van der Waals surface area contributed by atoms with Gasteiger partial charge in [0.15, 0.2) is 17.3 Å². The monoisotopic (exact) mass is 465 g/mol. The van der Waals surface area contributed by atoms with Crippen LogP contribution in [0.3, 0.4) is 0 Å². The van der Waals surface area contributed by atoms with Gasteiger partial charge in [-0.2, -0.15) is 0 Å². The number of aryl methyl sites for hydroxylation is 1. The van der Waals surface area contributed by atoms with Crippen LogP contribution < -0.4 is 18.9 Å². The molecule has 1 aliphatic heterocycles. The number of benzene rings is 2. The lowest BCUT2D eigenvalue weighted by atomic mass is 10.3. The largest absolute Gasteiger partial charge is 0.486 e. The molecule has 5 rings (SSSR count). The van der Waals surface area contributed by atoms with Crippen LogP contribution in [0.15, 0.2) is 71.9 Å². The fourth-order valence-electron chi connectivity index (χ4n) is 3.23. The Morgan fingerprint density at radius 3 is 2.45 bits per heavy atom. The quantitative estimate of drug-likeness (QED) is 0.461. The van der Waals surface area contributed by atoms with Gasteiger partial charge >= 0.3 is 0 Å². The zero-order chi connectivity index (χ0) is 22.8. The van der Waals surface area contributed by atoms with Gasteiger partial charge in [-0.15, -0.1) is 10.2 Å². The summed E-state index contributed by atoms with van der Waals surface area (Å²) in [5.74, 6) is 3.15. The third kappa shape index (κ3) is 4.44. The number of hydrogen-bond donors (Lipinski definition) is 1. The lowest BCUT2D eigenvalue weighted by Crippen LogP contribution is -2.17. The maximum absolute atomic E-state index is 12.8. The Morgan fingerprint density at radius 1 is 0.970 bits per heavy atom. The molecular weight excluding hydrogens is 446 g/mol. The Bertz CT molecular complexity index is 1390. The van der Waals surface area contributed by atoms with Crippen molar-refractivity contribution >= 4 is 15.7 Å². The van der Waals surface area contributed by atoms with E-state index in [4.69, 9.17) is 14.2 Å². The second kappa shape index (κ2) is 8.43. The minimum Gasteiger partial charge on any atom is -0.486 e. The van der Waals surface area contributed by atoms with Crippen LogP contribution in [0.25, 0.3) is 5.82 Å². The molecule has 1 aliphatic rings. The van der Waals surface area contributed by atoms with E-state index in [9.17, 15) is 8.42 Å². The predicted molar refractivity (Wildman–Crippen MR) is 119 cm³/mol. The van der Waals surface area contributed by atoms with E-state index in [1.165, 1.54) is 12.1 Å². The average Bonchev–Trinajstić information content (AvgIpc) is 3.26. The second-order valence-electron chi connectivity index (χ2n) is 7.11. The van der Waals surface area contributed by atoms with Crippen LogP contribution in [0, 0.1) is 6.92 Å². The van der Waals surface area contributed by atoms with Gasteiger partial charge in [-0.3, -0.25) is 9.29 Å². The van der Waals surface area contributed by atoms with Crippen LogP contribution >= 0.6 is 0 Å². The van der Waals surface area contributed by atoms with Crippen LogP contribution in [0.4, 0.5) is 5.69 Å². The van der Waals surface area contributed by atoms with Crippen molar-refractivity contribution in [3.05, 3.63) is 72.8 Å². The van der Waals surface area contributed by atoms with E-state index in [1.807, 2.05) is 6.92 Å². The first kappa shape index (κ1) is 20.8. The van der Waals surface area contributed by atoms with Gasteiger partial charge in [-0.1, -0.05) is 0 Å². The molecule has 0 atom stereocenters. The highest BCUT2D eigenvalue weighted by atomic mass is 32.2.